The highest BCUT2D eigenvalue weighted by Crippen LogP contribution is 2.29. The molecule has 0 bridgehead atoms. The standard InChI is InChI=1S/C10H20N2O/c11-8-9-2-1-3-10(9)12-4-6-13-7-5-12/h9-10H,1-8,11H2. The summed E-state index contributed by atoms with van der Waals surface area (Å²) < 4.78 is 5.36. The van der Waals surface area contributed by atoms with Crippen LogP contribution in [0.4, 0.5) is 0 Å². The van der Waals surface area contributed by atoms with Gasteiger partial charge in [-0.05, 0) is 25.3 Å². The summed E-state index contributed by atoms with van der Waals surface area (Å²) in [5.41, 5.74) is 5.77. The van der Waals surface area contributed by atoms with E-state index >= 15 is 0 Å². The third-order valence-electron chi connectivity index (χ3n) is 3.44. The molecule has 1 saturated carbocycles. The van der Waals surface area contributed by atoms with Gasteiger partial charge < -0.3 is 10.5 Å². The molecular weight excluding hydrogens is 164 g/mol. The molecule has 1 heterocycles. The highest BCUT2D eigenvalue weighted by atomic mass is 16.5. The fourth-order valence-corrected chi connectivity index (χ4v) is 2.68. The van der Waals surface area contributed by atoms with E-state index in [9.17, 15) is 0 Å². The van der Waals surface area contributed by atoms with E-state index in [0.29, 0.717) is 0 Å². The molecule has 2 N–H and O–H groups in total. The molecular formula is C10H20N2O. The predicted octanol–water partition coefficient (Wildman–Crippen LogP) is 0.446. The molecule has 2 atom stereocenters. The summed E-state index contributed by atoms with van der Waals surface area (Å²) in [6.45, 7) is 4.91. The van der Waals surface area contributed by atoms with Gasteiger partial charge in [0.15, 0.2) is 0 Å². The van der Waals surface area contributed by atoms with Crippen LogP contribution in [0.2, 0.25) is 0 Å². The summed E-state index contributed by atoms with van der Waals surface area (Å²) in [7, 11) is 0. The topological polar surface area (TPSA) is 38.5 Å². The van der Waals surface area contributed by atoms with E-state index in [2.05, 4.69) is 4.90 Å². The smallest absolute Gasteiger partial charge is 0.0594 e. The predicted molar refractivity (Wildman–Crippen MR) is 52.6 cm³/mol. The van der Waals surface area contributed by atoms with Gasteiger partial charge in [-0.15, -0.1) is 0 Å². The monoisotopic (exact) mass is 184 g/mol. The minimum atomic E-state index is 0.748. The number of morpholine rings is 1. The quantitative estimate of drug-likeness (QED) is 0.677. The molecule has 3 heteroatoms. The van der Waals surface area contributed by atoms with Gasteiger partial charge in [0.25, 0.3) is 0 Å². The Morgan fingerprint density at radius 1 is 1.23 bits per heavy atom. The summed E-state index contributed by atoms with van der Waals surface area (Å²) in [5, 5.41) is 0. The summed E-state index contributed by atoms with van der Waals surface area (Å²) in [5.74, 6) is 0.748. The van der Waals surface area contributed by atoms with Crippen LogP contribution in [0.1, 0.15) is 19.3 Å². The van der Waals surface area contributed by atoms with Crippen molar-refractivity contribution in [2.45, 2.75) is 25.3 Å². The summed E-state index contributed by atoms with van der Waals surface area (Å²) >= 11 is 0. The lowest BCUT2D eigenvalue weighted by Crippen LogP contribution is -2.46. The Bertz CT molecular complexity index is 157. The molecule has 76 valence electrons. The highest BCUT2D eigenvalue weighted by molar-refractivity contribution is 4.86. The first kappa shape index (κ1) is 9.44. The third-order valence-corrected chi connectivity index (χ3v) is 3.44. The Morgan fingerprint density at radius 3 is 2.69 bits per heavy atom. The third kappa shape index (κ3) is 2.03. The fourth-order valence-electron chi connectivity index (χ4n) is 2.68. The van der Waals surface area contributed by atoms with E-state index in [-0.39, 0.29) is 0 Å². The zero-order valence-electron chi connectivity index (χ0n) is 8.24. The zero-order chi connectivity index (χ0) is 9.10. The van der Waals surface area contributed by atoms with Crippen LogP contribution in [0.15, 0.2) is 0 Å². The lowest BCUT2D eigenvalue weighted by molar-refractivity contribution is 0.00903. The molecule has 2 aliphatic rings. The number of ether oxygens (including phenoxy) is 1. The van der Waals surface area contributed by atoms with Crippen molar-refractivity contribution in [2.75, 3.05) is 32.8 Å². The molecule has 0 amide bonds. The summed E-state index contributed by atoms with van der Waals surface area (Å²) in [4.78, 5) is 2.58. The van der Waals surface area contributed by atoms with Crippen LogP contribution >= 0.6 is 0 Å². The summed E-state index contributed by atoms with van der Waals surface area (Å²) in [6.07, 6.45) is 4.05. The van der Waals surface area contributed by atoms with Crippen LogP contribution in [0, 0.1) is 5.92 Å². The zero-order valence-corrected chi connectivity index (χ0v) is 8.24. The van der Waals surface area contributed by atoms with Crippen molar-refractivity contribution in [3.8, 4) is 0 Å². The second-order valence-corrected chi connectivity index (χ2v) is 4.14. The normalized spacial score (nSPS) is 36.7. The van der Waals surface area contributed by atoms with E-state index in [1.54, 1.807) is 0 Å². The maximum absolute atomic E-state index is 5.77. The van der Waals surface area contributed by atoms with E-state index in [1.165, 1.54) is 19.3 Å². The SMILES string of the molecule is NCC1CCCC1N1CCOCC1. The second kappa shape index (κ2) is 4.40. The van der Waals surface area contributed by atoms with Gasteiger partial charge in [-0.2, -0.15) is 0 Å². The largest absolute Gasteiger partial charge is 0.379 e. The first-order valence-electron chi connectivity index (χ1n) is 5.43. The molecule has 2 rings (SSSR count). The first-order valence-corrected chi connectivity index (χ1v) is 5.43. The van der Waals surface area contributed by atoms with Crippen molar-refractivity contribution in [2.24, 2.45) is 11.7 Å². The Labute approximate surface area is 80.2 Å². The van der Waals surface area contributed by atoms with Crippen molar-refractivity contribution >= 4 is 0 Å². The van der Waals surface area contributed by atoms with Crippen LogP contribution < -0.4 is 5.73 Å². The van der Waals surface area contributed by atoms with E-state index in [1.807, 2.05) is 0 Å². The molecule has 1 aliphatic carbocycles. The fraction of sp³-hybridized carbons (Fsp3) is 1.00. The molecule has 0 aromatic rings. The van der Waals surface area contributed by atoms with Crippen LogP contribution in [0.5, 0.6) is 0 Å². The minimum Gasteiger partial charge on any atom is -0.379 e. The van der Waals surface area contributed by atoms with Crippen molar-refractivity contribution in [1.82, 2.24) is 4.90 Å². The molecule has 0 aromatic carbocycles. The average Bonchev–Trinajstić information content (AvgIpc) is 2.67. The Morgan fingerprint density at radius 2 is 2.00 bits per heavy atom. The number of nitrogens with two attached hydrogens (primary N) is 1. The van der Waals surface area contributed by atoms with E-state index in [0.717, 1.165) is 44.8 Å². The van der Waals surface area contributed by atoms with Crippen LogP contribution in [0.3, 0.4) is 0 Å². The van der Waals surface area contributed by atoms with Gasteiger partial charge in [-0.1, -0.05) is 6.42 Å². The van der Waals surface area contributed by atoms with Gasteiger partial charge in [0.1, 0.15) is 0 Å². The van der Waals surface area contributed by atoms with Crippen molar-refractivity contribution < 1.29 is 4.74 Å². The van der Waals surface area contributed by atoms with Crippen molar-refractivity contribution in [1.29, 1.82) is 0 Å². The molecule has 2 fully saturated rings. The minimum absolute atomic E-state index is 0.748. The number of hydrogen-bond donors (Lipinski definition) is 1. The number of hydrogen-bond acceptors (Lipinski definition) is 3. The average molecular weight is 184 g/mol. The van der Waals surface area contributed by atoms with Gasteiger partial charge >= 0.3 is 0 Å². The van der Waals surface area contributed by atoms with E-state index < -0.39 is 0 Å². The summed E-state index contributed by atoms with van der Waals surface area (Å²) in [6, 6.07) is 0.758. The van der Waals surface area contributed by atoms with Crippen molar-refractivity contribution in [3.05, 3.63) is 0 Å². The van der Waals surface area contributed by atoms with Gasteiger partial charge in [-0.25, -0.2) is 0 Å². The van der Waals surface area contributed by atoms with Crippen LogP contribution in [0.25, 0.3) is 0 Å². The molecule has 0 radical (unpaired) electrons. The van der Waals surface area contributed by atoms with Crippen LogP contribution in [-0.4, -0.2) is 43.8 Å². The highest BCUT2D eigenvalue weighted by Gasteiger charge is 2.31. The first-order chi connectivity index (χ1) is 6.42. The molecule has 2 unspecified atom stereocenters. The molecule has 1 saturated heterocycles. The number of nitrogens with zero attached hydrogens (tertiary/aromatic N) is 1. The van der Waals surface area contributed by atoms with Crippen LogP contribution in [-0.2, 0) is 4.74 Å². The maximum Gasteiger partial charge on any atom is 0.0594 e. The lowest BCUT2D eigenvalue weighted by Gasteiger charge is -2.35. The Hall–Kier alpha value is -0.120. The Balaban J connectivity index is 1.90. The molecule has 0 spiro atoms. The van der Waals surface area contributed by atoms with E-state index in [4.69, 9.17) is 10.5 Å². The van der Waals surface area contributed by atoms with Gasteiger partial charge in [0, 0.05) is 19.1 Å². The Kier molecular flexibility index (Phi) is 3.19. The molecule has 13 heavy (non-hydrogen) atoms. The number of rotatable bonds is 2. The molecule has 1 aliphatic heterocycles. The molecule has 0 aromatic heterocycles. The lowest BCUT2D eigenvalue weighted by atomic mass is 10.0. The van der Waals surface area contributed by atoms with Crippen molar-refractivity contribution in [3.63, 3.8) is 0 Å². The molecule has 3 nitrogen and oxygen atoms in total. The van der Waals surface area contributed by atoms with Gasteiger partial charge in [0.05, 0.1) is 13.2 Å². The maximum atomic E-state index is 5.77. The second-order valence-electron chi connectivity index (χ2n) is 4.14. The van der Waals surface area contributed by atoms with Gasteiger partial charge in [0.2, 0.25) is 0 Å². The van der Waals surface area contributed by atoms with Gasteiger partial charge in [-0.3, -0.25) is 4.90 Å².